The summed E-state index contributed by atoms with van der Waals surface area (Å²) in [7, 11) is 0. The number of non-ortho nitro benzene ring substituents is 1. The molecule has 1 saturated carbocycles. The number of hydrogen-bond donors (Lipinski definition) is 1. The molecule has 1 aliphatic rings. The van der Waals surface area contributed by atoms with Crippen molar-refractivity contribution in [3.05, 3.63) is 69.3 Å². The van der Waals surface area contributed by atoms with Gasteiger partial charge in [-0.15, -0.1) is 0 Å². The van der Waals surface area contributed by atoms with Gasteiger partial charge in [0.15, 0.2) is 0 Å². The van der Waals surface area contributed by atoms with Gasteiger partial charge in [-0.25, -0.2) is 0 Å². The van der Waals surface area contributed by atoms with Gasteiger partial charge in [0.1, 0.15) is 0 Å². The molecule has 0 spiro atoms. The van der Waals surface area contributed by atoms with Crippen LogP contribution in [0.2, 0.25) is 0 Å². The zero-order valence-electron chi connectivity index (χ0n) is 15.6. The zero-order chi connectivity index (χ0) is 19.1. The van der Waals surface area contributed by atoms with E-state index in [9.17, 15) is 14.9 Å². The Balaban J connectivity index is 1.68. The molecule has 1 aliphatic carbocycles. The molecule has 0 saturated heterocycles. The van der Waals surface area contributed by atoms with Crippen LogP contribution in [-0.4, -0.2) is 10.8 Å². The predicted octanol–water partition coefficient (Wildman–Crippen LogP) is 4.94. The SMILES string of the molecule is Cc1ccc([N+](=O)[O-])cc1NC(=O)[C@@H]1C[C@H]1c1ccc(C(C)(C)C)cc1. The number of benzene rings is 2. The Morgan fingerprint density at radius 3 is 2.38 bits per heavy atom. The van der Waals surface area contributed by atoms with Gasteiger partial charge in [-0.1, -0.05) is 51.1 Å². The van der Waals surface area contributed by atoms with Crippen LogP contribution in [0.5, 0.6) is 0 Å². The molecule has 1 fully saturated rings. The van der Waals surface area contributed by atoms with Gasteiger partial charge in [-0.05, 0) is 41.4 Å². The Morgan fingerprint density at radius 2 is 1.81 bits per heavy atom. The largest absolute Gasteiger partial charge is 0.325 e. The summed E-state index contributed by atoms with van der Waals surface area (Å²) in [6.07, 6.45) is 0.814. The summed E-state index contributed by atoms with van der Waals surface area (Å²) in [4.78, 5) is 23.0. The van der Waals surface area contributed by atoms with Gasteiger partial charge in [0.2, 0.25) is 5.91 Å². The first-order valence-corrected chi connectivity index (χ1v) is 8.83. The molecule has 0 heterocycles. The minimum Gasteiger partial charge on any atom is -0.325 e. The maximum Gasteiger partial charge on any atom is 0.271 e. The smallest absolute Gasteiger partial charge is 0.271 e. The molecule has 0 unspecified atom stereocenters. The second-order valence-corrected chi connectivity index (χ2v) is 8.07. The van der Waals surface area contributed by atoms with E-state index in [0.717, 1.165) is 12.0 Å². The van der Waals surface area contributed by atoms with Crippen molar-refractivity contribution in [1.29, 1.82) is 0 Å². The van der Waals surface area contributed by atoms with Crippen LogP contribution in [-0.2, 0) is 10.2 Å². The lowest BCUT2D eigenvalue weighted by atomic mass is 9.86. The summed E-state index contributed by atoms with van der Waals surface area (Å²) >= 11 is 0. The van der Waals surface area contributed by atoms with Crippen LogP contribution in [0, 0.1) is 23.0 Å². The van der Waals surface area contributed by atoms with Crippen LogP contribution < -0.4 is 5.32 Å². The maximum atomic E-state index is 12.5. The summed E-state index contributed by atoms with van der Waals surface area (Å²) in [5.41, 5.74) is 3.87. The minimum absolute atomic E-state index is 0.0176. The van der Waals surface area contributed by atoms with E-state index in [1.165, 1.54) is 23.3 Å². The second kappa shape index (κ2) is 6.56. The highest BCUT2D eigenvalue weighted by Crippen LogP contribution is 2.48. The molecule has 26 heavy (non-hydrogen) atoms. The van der Waals surface area contributed by atoms with Crippen molar-refractivity contribution in [2.45, 2.75) is 45.4 Å². The van der Waals surface area contributed by atoms with Crippen molar-refractivity contribution >= 4 is 17.3 Å². The average molecular weight is 352 g/mol. The van der Waals surface area contributed by atoms with Crippen molar-refractivity contribution < 1.29 is 9.72 Å². The number of rotatable bonds is 4. The van der Waals surface area contributed by atoms with E-state index in [2.05, 4.69) is 50.4 Å². The van der Waals surface area contributed by atoms with E-state index < -0.39 is 4.92 Å². The third-order valence-corrected chi connectivity index (χ3v) is 5.02. The van der Waals surface area contributed by atoms with Gasteiger partial charge in [0.05, 0.1) is 10.6 Å². The topological polar surface area (TPSA) is 72.2 Å². The fourth-order valence-electron chi connectivity index (χ4n) is 3.17. The van der Waals surface area contributed by atoms with Gasteiger partial charge in [0.25, 0.3) is 5.69 Å². The number of carbonyl (C=O) groups is 1. The first-order valence-electron chi connectivity index (χ1n) is 8.83. The van der Waals surface area contributed by atoms with E-state index in [0.29, 0.717) is 5.69 Å². The van der Waals surface area contributed by atoms with Crippen LogP contribution in [0.3, 0.4) is 0 Å². The Kier molecular flexibility index (Phi) is 4.57. The van der Waals surface area contributed by atoms with Crippen molar-refractivity contribution in [3.63, 3.8) is 0 Å². The first kappa shape index (κ1) is 18.1. The highest BCUT2D eigenvalue weighted by atomic mass is 16.6. The van der Waals surface area contributed by atoms with Crippen LogP contribution in [0.25, 0.3) is 0 Å². The molecule has 2 aromatic carbocycles. The summed E-state index contributed by atoms with van der Waals surface area (Å²) in [6, 6.07) is 13.0. The molecule has 0 bridgehead atoms. The van der Waals surface area contributed by atoms with Crippen LogP contribution in [0.15, 0.2) is 42.5 Å². The van der Waals surface area contributed by atoms with Gasteiger partial charge >= 0.3 is 0 Å². The monoisotopic (exact) mass is 352 g/mol. The average Bonchev–Trinajstić information content (AvgIpc) is 3.36. The van der Waals surface area contributed by atoms with Gasteiger partial charge < -0.3 is 5.32 Å². The third-order valence-electron chi connectivity index (χ3n) is 5.02. The van der Waals surface area contributed by atoms with Crippen molar-refractivity contribution in [2.24, 2.45) is 5.92 Å². The molecule has 136 valence electrons. The number of nitrogens with zero attached hydrogens (tertiary/aromatic N) is 1. The molecule has 2 atom stereocenters. The minimum atomic E-state index is -0.453. The highest BCUT2D eigenvalue weighted by Gasteiger charge is 2.44. The molecule has 5 heteroatoms. The van der Waals surface area contributed by atoms with E-state index in [-0.39, 0.29) is 28.8 Å². The second-order valence-electron chi connectivity index (χ2n) is 8.07. The quantitative estimate of drug-likeness (QED) is 0.625. The summed E-state index contributed by atoms with van der Waals surface area (Å²) < 4.78 is 0. The molecular weight excluding hydrogens is 328 g/mol. The predicted molar refractivity (Wildman–Crippen MR) is 102 cm³/mol. The fourth-order valence-corrected chi connectivity index (χ4v) is 3.17. The number of nitro groups is 1. The summed E-state index contributed by atoms with van der Waals surface area (Å²) in [6.45, 7) is 8.36. The molecule has 3 rings (SSSR count). The Labute approximate surface area is 153 Å². The van der Waals surface area contributed by atoms with Gasteiger partial charge in [-0.2, -0.15) is 0 Å². The normalized spacial score (nSPS) is 19.1. The third kappa shape index (κ3) is 3.77. The Morgan fingerprint density at radius 1 is 1.15 bits per heavy atom. The number of nitro benzene ring substituents is 1. The zero-order valence-corrected chi connectivity index (χ0v) is 15.6. The standard InChI is InChI=1S/C21H24N2O3/c1-13-5-10-16(23(25)26)11-19(13)22-20(24)18-12-17(18)14-6-8-15(9-7-14)21(2,3)4/h5-11,17-18H,12H2,1-4H3,(H,22,24)/t17-,18+/m0/s1. The van der Waals surface area contributed by atoms with E-state index in [1.54, 1.807) is 6.07 Å². The summed E-state index contributed by atoms with van der Waals surface area (Å²) in [5.74, 6) is 0.0793. The number of anilines is 1. The van der Waals surface area contributed by atoms with E-state index in [1.807, 2.05) is 6.92 Å². The number of amides is 1. The van der Waals surface area contributed by atoms with E-state index >= 15 is 0 Å². The fraction of sp³-hybridized carbons (Fsp3) is 0.381. The van der Waals surface area contributed by atoms with E-state index in [4.69, 9.17) is 0 Å². The first-order chi connectivity index (χ1) is 12.2. The molecule has 5 nitrogen and oxygen atoms in total. The van der Waals surface area contributed by atoms with Crippen LogP contribution >= 0.6 is 0 Å². The number of carbonyl (C=O) groups excluding carboxylic acids is 1. The molecule has 0 aromatic heterocycles. The lowest BCUT2D eigenvalue weighted by molar-refractivity contribution is -0.384. The lowest BCUT2D eigenvalue weighted by Gasteiger charge is -2.19. The molecule has 1 N–H and O–H groups in total. The van der Waals surface area contributed by atoms with Gasteiger partial charge in [-0.3, -0.25) is 14.9 Å². The molecule has 0 aliphatic heterocycles. The molecule has 2 aromatic rings. The maximum absolute atomic E-state index is 12.5. The van der Waals surface area contributed by atoms with Crippen molar-refractivity contribution in [2.75, 3.05) is 5.32 Å². The molecule has 0 radical (unpaired) electrons. The summed E-state index contributed by atoms with van der Waals surface area (Å²) in [5, 5.41) is 13.8. The van der Waals surface area contributed by atoms with Gasteiger partial charge in [0, 0.05) is 18.1 Å². The number of aryl methyl sites for hydroxylation is 1. The van der Waals surface area contributed by atoms with Crippen molar-refractivity contribution in [3.8, 4) is 0 Å². The van der Waals surface area contributed by atoms with Crippen molar-refractivity contribution in [1.82, 2.24) is 0 Å². The number of hydrogen-bond acceptors (Lipinski definition) is 3. The Bertz CT molecular complexity index is 851. The lowest BCUT2D eigenvalue weighted by Crippen LogP contribution is -2.15. The van der Waals surface area contributed by atoms with Crippen LogP contribution in [0.1, 0.15) is 49.8 Å². The van der Waals surface area contributed by atoms with Crippen LogP contribution in [0.4, 0.5) is 11.4 Å². The highest BCUT2D eigenvalue weighted by molar-refractivity contribution is 5.96. The molecule has 1 amide bonds. The molecular formula is C21H24N2O3. The number of nitrogens with one attached hydrogen (secondary N) is 1. The Hall–Kier alpha value is -2.69.